The minimum Gasteiger partial charge on any atom is -0.300 e. The molecule has 0 atom stereocenters. The number of nitrogens with zero attached hydrogens (tertiary/aromatic N) is 1. The van der Waals surface area contributed by atoms with E-state index >= 15 is 0 Å². The molecule has 1 saturated heterocycles. The van der Waals surface area contributed by atoms with E-state index in [1.54, 1.807) is 18.2 Å². The second-order valence-electron chi connectivity index (χ2n) is 4.48. The van der Waals surface area contributed by atoms with Crippen molar-refractivity contribution >= 4 is 50.5 Å². The summed E-state index contributed by atoms with van der Waals surface area (Å²) in [5.41, 5.74) is 1.51. The number of aliphatic imine (C=N–C) groups is 1. The molecule has 1 aliphatic rings. The number of halogens is 2. The summed E-state index contributed by atoms with van der Waals surface area (Å²) in [7, 11) is 0. The van der Waals surface area contributed by atoms with Crippen LogP contribution < -0.4 is 5.32 Å². The largest absolute Gasteiger partial charge is 0.300 e. The third-order valence-electron chi connectivity index (χ3n) is 2.90. The topological polar surface area (TPSA) is 41.5 Å². The minimum absolute atomic E-state index is 0.193. The van der Waals surface area contributed by atoms with E-state index in [9.17, 15) is 9.18 Å². The zero-order chi connectivity index (χ0) is 15.5. The summed E-state index contributed by atoms with van der Waals surface area (Å²) >= 11 is 4.71. The highest BCUT2D eigenvalue weighted by molar-refractivity contribution is 9.10. The molecule has 0 saturated carbocycles. The van der Waals surface area contributed by atoms with Gasteiger partial charge >= 0.3 is 0 Å². The van der Waals surface area contributed by atoms with Gasteiger partial charge in [-0.2, -0.15) is 0 Å². The van der Waals surface area contributed by atoms with Gasteiger partial charge in [0.25, 0.3) is 5.91 Å². The monoisotopic (exact) mass is 376 g/mol. The molecule has 2 aromatic carbocycles. The summed E-state index contributed by atoms with van der Waals surface area (Å²) in [6.45, 7) is 0. The van der Waals surface area contributed by atoms with Crippen LogP contribution in [0.4, 0.5) is 10.1 Å². The minimum atomic E-state index is -0.318. The van der Waals surface area contributed by atoms with E-state index < -0.39 is 0 Å². The lowest BCUT2D eigenvalue weighted by Gasteiger charge is -1.98. The van der Waals surface area contributed by atoms with Crippen LogP contribution >= 0.6 is 27.7 Å². The smallest absolute Gasteiger partial charge is 0.264 e. The molecule has 1 fully saturated rings. The third-order valence-corrected chi connectivity index (χ3v) is 4.53. The number of rotatable bonds is 2. The van der Waals surface area contributed by atoms with E-state index in [1.165, 1.54) is 23.9 Å². The Bertz CT molecular complexity index is 787. The van der Waals surface area contributed by atoms with Gasteiger partial charge in [-0.3, -0.25) is 4.79 Å². The number of carbonyl (C=O) groups excluding carboxylic acids is 1. The average Bonchev–Trinajstić information content (AvgIpc) is 2.84. The van der Waals surface area contributed by atoms with Crippen LogP contribution in [-0.4, -0.2) is 11.1 Å². The third kappa shape index (κ3) is 3.45. The molecule has 0 spiro atoms. The van der Waals surface area contributed by atoms with Gasteiger partial charge < -0.3 is 5.32 Å². The van der Waals surface area contributed by atoms with Crippen molar-refractivity contribution in [2.24, 2.45) is 4.99 Å². The van der Waals surface area contributed by atoms with Gasteiger partial charge in [0.05, 0.1) is 10.6 Å². The van der Waals surface area contributed by atoms with Crippen LogP contribution in [0, 0.1) is 5.82 Å². The Balaban J connectivity index is 1.84. The maximum absolute atomic E-state index is 12.9. The molecule has 0 bridgehead atoms. The van der Waals surface area contributed by atoms with Crippen molar-refractivity contribution in [1.29, 1.82) is 0 Å². The summed E-state index contributed by atoms with van der Waals surface area (Å²) < 4.78 is 13.8. The molecular formula is C16H10BrFN2OS. The molecule has 2 aromatic rings. The number of amidine groups is 1. The highest BCUT2D eigenvalue weighted by atomic mass is 79.9. The first-order valence-corrected chi connectivity index (χ1v) is 8.02. The molecule has 3 nitrogen and oxygen atoms in total. The molecule has 1 amide bonds. The molecule has 6 heteroatoms. The van der Waals surface area contributed by atoms with Gasteiger partial charge in [-0.25, -0.2) is 9.38 Å². The number of hydrogen-bond acceptors (Lipinski definition) is 3. The fourth-order valence-corrected chi connectivity index (χ4v) is 3.08. The Labute approximate surface area is 139 Å². The Morgan fingerprint density at radius 2 is 1.86 bits per heavy atom. The second kappa shape index (κ2) is 6.46. The summed E-state index contributed by atoms with van der Waals surface area (Å²) in [6, 6.07) is 13.4. The normalized spacial score (nSPS) is 18.0. The maximum Gasteiger partial charge on any atom is 0.264 e. The van der Waals surface area contributed by atoms with E-state index in [0.29, 0.717) is 15.8 Å². The lowest BCUT2D eigenvalue weighted by Crippen LogP contribution is -2.19. The summed E-state index contributed by atoms with van der Waals surface area (Å²) in [5.74, 6) is -0.511. The molecule has 3 rings (SSSR count). The standard InChI is InChI=1S/C16H10BrFN2OS/c17-13-4-2-1-3-10(13)9-14-15(21)20-16(22-14)19-12-7-5-11(18)6-8-12/h1-9H,(H,19,20,21)/b14-9+. The molecule has 0 unspecified atom stereocenters. The number of thioether (sulfide) groups is 1. The number of hydrogen-bond donors (Lipinski definition) is 1. The molecule has 0 radical (unpaired) electrons. The first kappa shape index (κ1) is 15.0. The molecule has 1 N–H and O–H groups in total. The van der Waals surface area contributed by atoms with Crippen LogP contribution in [0.1, 0.15) is 5.56 Å². The van der Waals surface area contributed by atoms with Gasteiger partial charge in [-0.1, -0.05) is 34.1 Å². The fraction of sp³-hybridized carbons (Fsp3) is 0. The summed E-state index contributed by atoms with van der Waals surface area (Å²) in [5, 5.41) is 3.18. The van der Waals surface area contributed by atoms with E-state index in [1.807, 2.05) is 24.3 Å². The average molecular weight is 377 g/mol. The van der Waals surface area contributed by atoms with Crippen molar-refractivity contribution < 1.29 is 9.18 Å². The predicted octanol–water partition coefficient (Wildman–Crippen LogP) is 4.48. The van der Waals surface area contributed by atoms with E-state index in [2.05, 4.69) is 26.2 Å². The number of carbonyl (C=O) groups is 1. The zero-order valence-corrected chi connectivity index (χ0v) is 13.6. The Kier molecular flexibility index (Phi) is 4.40. The van der Waals surface area contributed by atoms with Crippen molar-refractivity contribution in [3.8, 4) is 0 Å². The molecule has 110 valence electrons. The van der Waals surface area contributed by atoms with Crippen LogP contribution in [0.5, 0.6) is 0 Å². The second-order valence-corrected chi connectivity index (χ2v) is 6.36. The SMILES string of the molecule is O=C1NC(=Nc2ccc(F)cc2)S/C1=C/c1ccccc1Br. The van der Waals surface area contributed by atoms with Gasteiger partial charge in [0.1, 0.15) is 5.82 Å². The first-order chi connectivity index (χ1) is 10.6. The van der Waals surface area contributed by atoms with Crippen molar-refractivity contribution in [3.05, 3.63) is 69.3 Å². The number of nitrogens with one attached hydrogen (secondary N) is 1. The van der Waals surface area contributed by atoms with Crippen LogP contribution in [0.25, 0.3) is 6.08 Å². The van der Waals surface area contributed by atoms with Crippen molar-refractivity contribution in [2.75, 3.05) is 0 Å². The maximum atomic E-state index is 12.9. The van der Waals surface area contributed by atoms with Crippen LogP contribution in [0.3, 0.4) is 0 Å². The molecule has 0 aliphatic carbocycles. The van der Waals surface area contributed by atoms with Crippen molar-refractivity contribution in [1.82, 2.24) is 5.32 Å². The lowest BCUT2D eigenvalue weighted by atomic mass is 10.2. The van der Waals surface area contributed by atoms with Gasteiger partial charge in [-0.15, -0.1) is 0 Å². The Hall–Kier alpha value is -1.92. The molecular weight excluding hydrogens is 367 g/mol. The highest BCUT2D eigenvalue weighted by Crippen LogP contribution is 2.29. The number of benzene rings is 2. The lowest BCUT2D eigenvalue weighted by molar-refractivity contribution is -0.115. The Morgan fingerprint density at radius 1 is 1.14 bits per heavy atom. The quantitative estimate of drug-likeness (QED) is 0.785. The van der Waals surface area contributed by atoms with Gasteiger partial charge in [0.2, 0.25) is 0 Å². The van der Waals surface area contributed by atoms with E-state index in [-0.39, 0.29) is 11.7 Å². The van der Waals surface area contributed by atoms with Gasteiger partial charge in [0, 0.05) is 4.47 Å². The fourth-order valence-electron chi connectivity index (χ4n) is 1.85. The first-order valence-electron chi connectivity index (χ1n) is 6.41. The van der Waals surface area contributed by atoms with Crippen LogP contribution in [-0.2, 0) is 4.79 Å². The summed E-state index contributed by atoms with van der Waals surface area (Å²) in [6.07, 6.45) is 1.80. The molecule has 1 heterocycles. The van der Waals surface area contributed by atoms with Crippen LogP contribution in [0.2, 0.25) is 0 Å². The highest BCUT2D eigenvalue weighted by Gasteiger charge is 2.23. The van der Waals surface area contributed by atoms with Crippen LogP contribution in [0.15, 0.2) is 62.9 Å². The van der Waals surface area contributed by atoms with E-state index in [4.69, 9.17) is 0 Å². The van der Waals surface area contributed by atoms with Gasteiger partial charge in [0.15, 0.2) is 5.17 Å². The number of amides is 1. The molecule has 1 aliphatic heterocycles. The van der Waals surface area contributed by atoms with Crippen molar-refractivity contribution in [3.63, 3.8) is 0 Å². The van der Waals surface area contributed by atoms with Crippen molar-refractivity contribution in [2.45, 2.75) is 0 Å². The van der Waals surface area contributed by atoms with E-state index in [0.717, 1.165) is 10.0 Å². The van der Waals surface area contributed by atoms with Gasteiger partial charge in [-0.05, 0) is 53.7 Å². The summed E-state index contributed by atoms with van der Waals surface area (Å²) in [4.78, 5) is 16.8. The predicted molar refractivity (Wildman–Crippen MR) is 91.3 cm³/mol. The molecule has 22 heavy (non-hydrogen) atoms. The molecule has 0 aromatic heterocycles. The Morgan fingerprint density at radius 3 is 2.59 bits per heavy atom. The zero-order valence-electron chi connectivity index (χ0n) is 11.2.